The molecule has 1 aromatic rings. The lowest BCUT2D eigenvalue weighted by molar-refractivity contribution is -0.142. The molecular formula is C19H28N2O6. The molecular weight excluding hydrogens is 352 g/mol. The number of methoxy groups -OCH3 is 2. The Hall–Kier alpha value is -2.61. The summed E-state index contributed by atoms with van der Waals surface area (Å²) >= 11 is 0. The molecule has 0 saturated carbocycles. The number of ether oxygens (including phenoxy) is 3. The molecule has 8 nitrogen and oxygen atoms in total. The third-order valence-electron chi connectivity index (χ3n) is 3.89. The summed E-state index contributed by atoms with van der Waals surface area (Å²) in [5, 5.41) is 2.80. The summed E-state index contributed by atoms with van der Waals surface area (Å²) in [5.41, 5.74) is 6.78. The summed E-state index contributed by atoms with van der Waals surface area (Å²) in [5.74, 6) is -1.24. The lowest BCUT2D eigenvalue weighted by Crippen LogP contribution is -2.42. The molecule has 3 N–H and O–H groups in total. The first-order chi connectivity index (χ1) is 12.9. The molecule has 0 heterocycles. The lowest BCUT2D eigenvalue weighted by Gasteiger charge is -2.14. The highest BCUT2D eigenvalue weighted by Gasteiger charge is 2.18. The fourth-order valence-corrected chi connectivity index (χ4v) is 2.36. The van der Waals surface area contributed by atoms with Crippen LogP contribution in [0, 0.1) is 0 Å². The largest absolute Gasteiger partial charge is 0.481 e. The van der Waals surface area contributed by atoms with Crippen LogP contribution in [0.1, 0.15) is 42.1 Å². The van der Waals surface area contributed by atoms with E-state index in [-0.39, 0.29) is 30.2 Å². The van der Waals surface area contributed by atoms with E-state index in [4.69, 9.17) is 15.2 Å². The number of hydrogen-bond acceptors (Lipinski definition) is 7. The van der Waals surface area contributed by atoms with E-state index in [1.54, 1.807) is 12.1 Å². The van der Waals surface area contributed by atoms with Gasteiger partial charge in [0.05, 0.1) is 20.3 Å². The number of nitrogens with one attached hydrogen (secondary N) is 1. The van der Waals surface area contributed by atoms with Crippen molar-refractivity contribution in [1.29, 1.82) is 0 Å². The molecule has 150 valence electrons. The van der Waals surface area contributed by atoms with Crippen molar-refractivity contribution in [3.63, 3.8) is 0 Å². The summed E-state index contributed by atoms with van der Waals surface area (Å²) in [6.45, 7) is 2.35. The van der Waals surface area contributed by atoms with Gasteiger partial charge in [0.15, 0.2) is 6.61 Å². The van der Waals surface area contributed by atoms with Gasteiger partial charge in [-0.15, -0.1) is 0 Å². The van der Waals surface area contributed by atoms with Gasteiger partial charge in [-0.2, -0.15) is 0 Å². The predicted octanol–water partition coefficient (Wildman–Crippen LogP) is 1.20. The maximum absolute atomic E-state index is 12.1. The van der Waals surface area contributed by atoms with Crippen molar-refractivity contribution >= 4 is 17.8 Å². The second-order valence-corrected chi connectivity index (χ2v) is 6.00. The van der Waals surface area contributed by atoms with E-state index < -0.39 is 18.0 Å². The van der Waals surface area contributed by atoms with Crippen LogP contribution in [0.5, 0.6) is 5.75 Å². The Morgan fingerprint density at radius 3 is 2.52 bits per heavy atom. The quantitative estimate of drug-likeness (QED) is 0.437. The van der Waals surface area contributed by atoms with Gasteiger partial charge in [-0.3, -0.25) is 4.79 Å². The molecule has 1 unspecified atom stereocenters. The number of benzene rings is 1. The first kappa shape index (κ1) is 22.4. The standard InChI is InChI=1S/C19H28N2O6/c1-4-5-6-9-21-18(23)15(20)11-13-7-8-16(27-12-17(22)25-2)14(10-13)19(24)26-3/h7-8,10,15H,4-6,9,11-12,20H2,1-3H3,(H,21,23). The minimum Gasteiger partial charge on any atom is -0.481 e. The van der Waals surface area contributed by atoms with Crippen molar-refractivity contribution in [1.82, 2.24) is 5.32 Å². The zero-order chi connectivity index (χ0) is 20.2. The van der Waals surface area contributed by atoms with Crippen LogP contribution in [-0.2, 0) is 25.5 Å². The van der Waals surface area contributed by atoms with Crippen molar-refractivity contribution in [2.75, 3.05) is 27.4 Å². The fraction of sp³-hybridized carbons (Fsp3) is 0.526. The van der Waals surface area contributed by atoms with Gasteiger partial charge in [-0.1, -0.05) is 25.8 Å². The fourth-order valence-electron chi connectivity index (χ4n) is 2.36. The predicted molar refractivity (Wildman–Crippen MR) is 99.5 cm³/mol. The van der Waals surface area contributed by atoms with Gasteiger partial charge >= 0.3 is 11.9 Å². The minimum atomic E-state index is -0.737. The van der Waals surface area contributed by atoms with Crippen molar-refractivity contribution in [3.8, 4) is 5.75 Å². The maximum Gasteiger partial charge on any atom is 0.343 e. The average Bonchev–Trinajstić information content (AvgIpc) is 2.68. The molecule has 0 aliphatic carbocycles. The van der Waals surface area contributed by atoms with Gasteiger partial charge in [0.2, 0.25) is 5.91 Å². The number of nitrogens with two attached hydrogens (primary N) is 1. The van der Waals surface area contributed by atoms with Crippen LogP contribution in [0.2, 0.25) is 0 Å². The van der Waals surface area contributed by atoms with E-state index in [1.807, 2.05) is 0 Å². The summed E-state index contributed by atoms with van der Waals surface area (Å²) in [4.78, 5) is 35.3. The van der Waals surface area contributed by atoms with Gasteiger partial charge in [-0.25, -0.2) is 9.59 Å². The summed E-state index contributed by atoms with van der Waals surface area (Å²) in [6.07, 6.45) is 3.28. The number of unbranched alkanes of at least 4 members (excludes halogenated alkanes) is 2. The number of carbonyl (C=O) groups is 3. The van der Waals surface area contributed by atoms with Gasteiger partial charge in [0.25, 0.3) is 0 Å². The van der Waals surface area contributed by atoms with Crippen molar-refractivity contribution in [2.24, 2.45) is 5.73 Å². The molecule has 1 rings (SSSR count). The topological polar surface area (TPSA) is 117 Å². The van der Waals surface area contributed by atoms with Crippen LogP contribution in [0.25, 0.3) is 0 Å². The third kappa shape index (κ3) is 7.65. The molecule has 0 spiro atoms. The molecule has 1 aromatic carbocycles. The Balaban J connectivity index is 2.79. The van der Waals surface area contributed by atoms with Crippen molar-refractivity contribution in [2.45, 2.75) is 38.6 Å². The first-order valence-corrected chi connectivity index (χ1v) is 8.87. The van der Waals surface area contributed by atoms with E-state index in [0.29, 0.717) is 12.1 Å². The lowest BCUT2D eigenvalue weighted by atomic mass is 10.0. The highest BCUT2D eigenvalue weighted by Crippen LogP contribution is 2.22. The molecule has 0 radical (unpaired) electrons. The Morgan fingerprint density at radius 2 is 1.89 bits per heavy atom. The highest BCUT2D eigenvalue weighted by molar-refractivity contribution is 5.93. The molecule has 0 aliphatic rings. The van der Waals surface area contributed by atoms with Crippen molar-refractivity contribution < 1.29 is 28.6 Å². The van der Waals surface area contributed by atoms with Crippen molar-refractivity contribution in [3.05, 3.63) is 29.3 Å². The highest BCUT2D eigenvalue weighted by atomic mass is 16.6. The van der Waals surface area contributed by atoms with Crippen LogP contribution < -0.4 is 15.8 Å². The summed E-state index contributed by atoms with van der Waals surface area (Å²) in [7, 11) is 2.49. The Morgan fingerprint density at radius 1 is 1.15 bits per heavy atom. The molecule has 8 heteroatoms. The molecule has 0 saturated heterocycles. The molecule has 1 amide bonds. The molecule has 27 heavy (non-hydrogen) atoms. The number of amides is 1. The molecule has 0 fully saturated rings. The zero-order valence-electron chi connectivity index (χ0n) is 16.1. The van der Waals surface area contributed by atoms with E-state index in [2.05, 4.69) is 17.0 Å². The zero-order valence-corrected chi connectivity index (χ0v) is 16.1. The second-order valence-electron chi connectivity index (χ2n) is 6.00. The number of rotatable bonds is 11. The van der Waals surface area contributed by atoms with E-state index >= 15 is 0 Å². The normalized spacial score (nSPS) is 11.4. The van der Waals surface area contributed by atoms with E-state index in [1.165, 1.54) is 20.3 Å². The smallest absolute Gasteiger partial charge is 0.343 e. The average molecular weight is 380 g/mol. The minimum absolute atomic E-state index is 0.148. The molecule has 0 bridgehead atoms. The van der Waals surface area contributed by atoms with Gasteiger partial charge < -0.3 is 25.3 Å². The Bertz CT molecular complexity index is 647. The molecule has 1 atom stereocenters. The van der Waals surface area contributed by atoms with Gasteiger partial charge in [-0.05, 0) is 30.5 Å². The Labute approximate surface area is 159 Å². The van der Waals surface area contributed by atoms with Gasteiger partial charge in [0, 0.05) is 6.54 Å². The summed E-state index contributed by atoms with van der Waals surface area (Å²) in [6, 6.07) is 4.03. The van der Waals surface area contributed by atoms with Crippen LogP contribution in [0.3, 0.4) is 0 Å². The number of carbonyl (C=O) groups excluding carboxylic acids is 3. The molecule has 0 aromatic heterocycles. The number of hydrogen-bond donors (Lipinski definition) is 2. The molecule has 0 aliphatic heterocycles. The maximum atomic E-state index is 12.1. The van der Waals surface area contributed by atoms with Crippen LogP contribution in [0.15, 0.2) is 18.2 Å². The van der Waals surface area contributed by atoms with E-state index in [9.17, 15) is 14.4 Å². The van der Waals surface area contributed by atoms with Crippen LogP contribution >= 0.6 is 0 Å². The number of esters is 2. The second kappa shape index (κ2) is 11.9. The van der Waals surface area contributed by atoms with Gasteiger partial charge in [0.1, 0.15) is 11.3 Å². The van der Waals surface area contributed by atoms with E-state index in [0.717, 1.165) is 19.3 Å². The third-order valence-corrected chi connectivity index (χ3v) is 3.89. The Kier molecular flexibility index (Phi) is 9.89. The van der Waals surface area contributed by atoms with Crippen LogP contribution in [0.4, 0.5) is 0 Å². The summed E-state index contributed by atoms with van der Waals surface area (Å²) < 4.78 is 14.6. The monoisotopic (exact) mass is 380 g/mol. The first-order valence-electron chi connectivity index (χ1n) is 8.87. The SMILES string of the molecule is CCCCCNC(=O)C(N)Cc1ccc(OCC(=O)OC)c(C(=O)OC)c1. The van der Waals surface area contributed by atoms with Crippen LogP contribution in [-0.4, -0.2) is 51.3 Å².